The SMILES string of the molecule is Cc1cc(CSC(C(=O)O)C(C)C)n(C)n1. The fraction of sp³-hybridized carbons (Fsp3) is 0.636. The molecule has 0 radical (unpaired) electrons. The Bertz CT molecular complexity index is 374. The standard InChI is InChI=1S/C11H18N2O2S/c1-7(2)10(11(14)15)16-6-9-5-8(3)12-13(9)4/h5,7,10H,6H2,1-4H3,(H,14,15). The van der Waals surface area contributed by atoms with Crippen LogP contribution in [0.25, 0.3) is 0 Å². The van der Waals surface area contributed by atoms with Gasteiger partial charge in [0.25, 0.3) is 0 Å². The minimum Gasteiger partial charge on any atom is -0.480 e. The predicted octanol–water partition coefficient (Wildman–Crippen LogP) is 2.07. The third kappa shape index (κ3) is 3.27. The van der Waals surface area contributed by atoms with Crippen molar-refractivity contribution < 1.29 is 9.90 Å². The number of thioether (sulfide) groups is 1. The number of carboxylic acids is 1. The van der Waals surface area contributed by atoms with E-state index in [4.69, 9.17) is 5.11 Å². The summed E-state index contributed by atoms with van der Waals surface area (Å²) in [5, 5.41) is 12.9. The van der Waals surface area contributed by atoms with Crippen LogP contribution in [0.3, 0.4) is 0 Å². The summed E-state index contributed by atoms with van der Waals surface area (Å²) < 4.78 is 1.81. The summed E-state index contributed by atoms with van der Waals surface area (Å²) >= 11 is 1.46. The van der Waals surface area contributed by atoms with E-state index in [2.05, 4.69) is 5.10 Å². The van der Waals surface area contributed by atoms with Gasteiger partial charge in [0.15, 0.2) is 0 Å². The number of carboxylic acid groups (broad SMARTS) is 1. The van der Waals surface area contributed by atoms with E-state index in [0.29, 0.717) is 5.75 Å². The molecule has 0 saturated heterocycles. The summed E-state index contributed by atoms with van der Waals surface area (Å²) in [6.07, 6.45) is 0. The van der Waals surface area contributed by atoms with Gasteiger partial charge in [0.2, 0.25) is 0 Å². The molecule has 1 aromatic rings. The van der Waals surface area contributed by atoms with Crippen molar-refractivity contribution in [1.82, 2.24) is 9.78 Å². The molecule has 0 amide bonds. The lowest BCUT2D eigenvalue weighted by molar-refractivity contribution is -0.137. The van der Waals surface area contributed by atoms with Gasteiger partial charge in [0, 0.05) is 18.5 Å². The number of carbonyl (C=O) groups is 1. The largest absolute Gasteiger partial charge is 0.480 e. The topological polar surface area (TPSA) is 55.1 Å². The second-order valence-corrected chi connectivity index (χ2v) is 5.34. The van der Waals surface area contributed by atoms with Crippen molar-refractivity contribution >= 4 is 17.7 Å². The van der Waals surface area contributed by atoms with E-state index in [1.165, 1.54) is 11.8 Å². The second-order valence-electron chi connectivity index (χ2n) is 4.21. The first kappa shape index (κ1) is 13.1. The fourth-order valence-electron chi connectivity index (χ4n) is 1.52. The molecule has 0 aliphatic heterocycles. The number of hydrogen-bond donors (Lipinski definition) is 1. The van der Waals surface area contributed by atoms with Crippen molar-refractivity contribution in [3.05, 3.63) is 17.5 Å². The number of aromatic nitrogens is 2. The molecule has 1 aromatic heterocycles. The molecule has 16 heavy (non-hydrogen) atoms. The second kappa shape index (κ2) is 5.39. The molecule has 1 N–H and O–H groups in total. The van der Waals surface area contributed by atoms with Crippen LogP contribution < -0.4 is 0 Å². The first-order valence-electron chi connectivity index (χ1n) is 5.25. The van der Waals surface area contributed by atoms with Crippen molar-refractivity contribution in [1.29, 1.82) is 0 Å². The third-order valence-electron chi connectivity index (χ3n) is 2.36. The highest BCUT2D eigenvalue weighted by Gasteiger charge is 2.22. The van der Waals surface area contributed by atoms with Gasteiger partial charge in [-0.15, -0.1) is 11.8 Å². The van der Waals surface area contributed by atoms with Crippen LogP contribution >= 0.6 is 11.8 Å². The van der Waals surface area contributed by atoms with Gasteiger partial charge in [-0.1, -0.05) is 13.8 Å². The summed E-state index contributed by atoms with van der Waals surface area (Å²) in [7, 11) is 1.88. The van der Waals surface area contributed by atoms with Crippen LogP contribution in [0.15, 0.2) is 6.07 Å². The highest BCUT2D eigenvalue weighted by Crippen LogP contribution is 2.24. The fourth-order valence-corrected chi connectivity index (χ4v) is 2.67. The zero-order valence-electron chi connectivity index (χ0n) is 10.1. The monoisotopic (exact) mass is 242 g/mol. The average molecular weight is 242 g/mol. The van der Waals surface area contributed by atoms with Gasteiger partial charge in [-0.25, -0.2) is 0 Å². The van der Waals surface area contributed by atoms with E-state index >= 15 is 0 Å². The molecular weight excluding hydrogens is 224 g/mol. The maximum absolute atomic E-state index is 11.0. The molecule has 90 valence electrons. The van der Waals surface area contributed by atoms with Gasteiger partial charge in [-0.2, -0.15) is 5.10 Å². The van der Waals surface area contributed by atoms with Gasteiger partial charge in [0.1, 0.15) is 5.25 Å². The van der Waals surface area contributed by atoms with Crippen LogP contribution in [-0.2, 0) is 17.6 Å². The number of aryl methyl sites for hydroxylation is 2. The first-order chi connectivity index (χ1) is 7.41. The Morgan fingerprint density at radius 3 is 2.62 bits per heavy atom. The summed E-state index contributed by atoms with van der Waals surface area (Å²) in [5.74, 6) is 0.0858. The van der Waals surface area contributed by atoms with Gasteiger partial charge in [0.05, 0.1) is 5.69 Å². The molecule has 1 atom stereocenters. The van der Waals surface area contributed by atoms with Crippen LogP contribution in [-0.4, -0.2) is 26.1 Å². The van der Waals surface area contributed by atoms with Crippen LogP contribution in [0, 0.1) is 12.8 Å². The smallest absolute Gasteiger partial charge is 0.316 e. The summed E-state index contributed by atoms with van der Waals surface area (Å²) in [4.78, 5) is 11.0. The molecule has 1 rings (SSSR count). The Kier molecular flexibility index (Phi) is 4.41. The van der Waals surface area contributed by atoms with Crippen LogP contribution in [0.2, 0.25) is 0 Å². The molecule has 1 unspecified atom stereocenters. The van der Waals surface area contributed by atoms with Crippen LogP contribution in [0.1, 0.15) is 25.2 Å². The third-order valence-corrected chi connectivity index (χ3v) is 3.93. The van der Waals surface area contributed by atoms with Crippen molar-refractivity contribution in [2.24, 2.45) is 13.0 Å². The molecule has 0 aromatic carbocycles. The van der Waals surface area contributed by atoms with E-state index in [9.17, 15) is 4.79 Å². The molecule has 0 aliphatic rings. The highest BCUT2D eigenvalue weighted by atomic mass is 32.2. The molecular formula is C11H18N2O2S. The number of aliphatic carboxylic acids is 1. The summed E-state index contributed by atoms with van der Waals surface area (Å²) in [6.45, 7) is 5.80. The predicted molar refractivity (Wildman–Crippen MR) is 65.5 cm³/mol. The Labute approximate surface area is 100 Å². The number of rotatable bonds is 5. The number of nitrogens with zero attached hydrogens (tertiary/aromatic N) is 2. The van der Waals surface area contributed by atoms with E-state index in [0.717, 1.165) is 11.4 Å². The van der Waals surface area contributed by atoms with Gasteiger partial charge < -0.3 is 5.11 Å². The maximum Gasteiger partial charge on any atom is 0.316 e. The molecule has 0 spiro atoms. The van der Waals surface area contributed by atoms with Gasteiger partial charge in [-0.3, -0.25) is 9.48 Å². The van der Waals surface area contributed by atoms with E-state index < -0.39 is 5.97 Å². The molecule has 0 aliphatic carbocycles. The molecule has 0 saturated carbocycles. The lowest BCUT2D eigenvalue weighted by Gasteiger charge is -2.15. The van der Waals surface area contributed by atoms with Gasteiger partial charge in [-0.05, 0) is 18.9 Å². The Morgan fingerprint density at radius 2 is 2.25 bits per heavy atom. The lowest BCUT2D eigenvalue weighted by atomic mass is 10.1. The summed E-state index contributed by atoms with van der Waals surface area (Å²) in [6, 6.07) is 1.99. The molecule has 5 heteroatoms. The molecule has 1 heterocycles. The van der Waals surface area contributed by atoms with Crippen LogP contribution in [0.5, 0.6) is 0 Å². The lowest BCUT2D eigenvalue weighted by Crippen LogP contribution is -2.22. The van der Waals surface area contributed by atoms with E-state index in [1.807, 2.05) is 38.6 Å². The molecule has 4 nitrogen and oxygen atoms in total. The van der Waals surface area contributed by atoms with Crippen molar-refractivity contribution in [2.45, 2.75) is 31.8 Å². The Hall–Kier alpha value is -0.970. The minimum absolute atomic E-state index is 0.136. The normalized spacial score (nSPS) is 13.1. The first-order valence-corrected chi connectivity index (χ1v) is 6.30. The zero-order valence-corrected chi connectivity index (χ0v) is 10.9. The maximum atomic E-state index is 11.0. The van der Waals surface area contributed by atoms with Crippen molar-refractivity contribution in [3.8, 4) is 0 Å². The quantitative estimate of drug-likeness (QED) is 0.858. The van der Waals surface area contributed by atoms with Crippen LogP contribution in [0.4, 0.5) is 0 Å². The minimum atomic E-state index is -0.737. The van der Waals surface area contributed by atoms with Crippen molar-refractivity contribution in [3.63, 3.8) is 0 Å². The Morgan fingerprint density at radius 1 is 1.62 bits per heavy atom. The Balaban J connectivity index is 2.62. The van der Waals surface area contributed by atoms with E-state index in [-0.39, 0.29) is 11.2 Å². The highest BCUT2D eigenvalue weighted by molar-refractivity contribution is 7.99. The zero-order chi connectivity index (χ0) is 12.3. The summed E-state index contributed by atoms with van der Waals surface area (Å²) in [5.41, 5.74) is 2.03. The van der Waals surface area contributed by atoms with E-state index in [1.54, 1.807) is 0 Å². The van der Waals surface area contributed by atoms with Crippen molar-refractivity contribution in [2.75, 3.05) is 0 Å². The molecule has 0 bridgehead atoms. The number of hydrogen-bond acceptors (Lipinski definition) is 3. The average Bonchev–Trinajstić information content (AvgIpc) is 2.44. The molecule has 0 fully saturated rings. The van der Waals surface area contributed by atoms with Gasteiger partial charge >= 0.3 is 5.97 Å².